The third-order valence-electron chi connectivity index (χ3n) is 2.11. The van der Waals surface area contributed by atoms with Gasteiger partial charge in [-0.25, -0.2) is 9.37 Å². The van der Waals surface area contributed by atoms with Crippen LogP contribution in [0.5, 0.6) is 0 Å². The first-order valence-corrected chi connectivity index (χ1v) is 4.64. The van der Waals surface area contributed by atoms with Crippen molar-refractivity contribution in [1.29, 1.82) is 0 Å². The van der Waals surface area contributed by atoms with E-state index in [1.807, 2.05) is 0 Å². The Morgan fingerprint density at radius 3 is 2.65 bits per heavy atom. The number of aromatic nitrogens is 2. The molecule has 0 aliphatic carbocycles. The number of H-pyrrole nitrogens is 1. The van der Waals surface area contributed by atoms with Gasteiger partial charge >= 0.3 is 0 Å². The molecule has 0 bridgehead atoms. The van der Waals surface area contributed by atoms with Crippen LogP contribution in [0.4, 0.5) is 4.39 Å². The molecule has 0 spiro atoms. The molecule has 1 heterocycles. The first kappa shape index (κ1) is 18.5. The highest BCUT2D eigenvalue weighted by atomic mass is 35.5. The summed E-state index contributed by atoms with van der Waals surface area (Å²) in [5, 5.41) is 0. The molecule has 0 unspecified atom stereocenters. The van der Waals surface area contributed by atoms with Crippen LogP contribution in [0.1, 0.15) is 12.2 Å². The van der Waals surface area contributed by atoms with Gasteiger partial charge in [-0.1, -0.05) is 0 Å². The second-order valence-electron chi connectivity index (χ2n) is 3.24. The van der Waals surface area contributed by atoms with E-state index in [0.717, 1.165) is 29.7 Å². The third-order valence-corrected chi connectivity index (χ3v) is 2.11. The first-order chi connectivity index (χ1) is 6.79. The lowest BCUT2D eigenvalue weighted by molar-refractivity contribution is 0.629. The summed E-state index contributed by atoms with van der Waals surface area (Å²) in [4.78, 5) is 7.38. The van der Waals surface area contributed by atoms with Crippen LogP contribution in [0.25, 0.3) is 11.0 Å². The molecular weight excluding hydrogens is 268 g/mol. The number of benzene rings is 1. The number of nitrogens with one attached hydrogen (secondary N) is 1. The van der Waals surface area contributed by atoms with E-state index in [9.17, 15) is 4.39 Å². The van der Waals surface area contributed by atoms with E-state index in [0.29, 0.717) is 6.54 Å². The lowest BCUT2D eigenvalue weighted by Gasteiger charge is -1.91. The lowest BCUT2D eigenvalue weighted by atomic mass is 10.3. The molecule has 5 N–H and O–H groups in total. The number of aryl methyl sites for hydroxylation is 1. The summed E-state index contributed by atoms with van der Waals surface area (Å²) >= 11 is 0. The number of aromatic amines is 1. The fourth-order valence-electron chi connectivity index (χ4n) is 1.42. The average Bonchev–Trinajstić information content (AvgIpc) is 2.56. The van der Waals surface area contributed by atoms with Crippen LogP contribution in [0.2, 0.25) is 0 Å². The fraction of sp³-hybridized carbons (Fsp3) is 0.300. The van der Waals surface area contributed by atoms with E-state index in [4.69, 9.17) is 5.73 Å². The Labute approximate surface area is 111 Å². The molecular formula is C10H16Cl2FN3O. The smallest absolute Gasteiger partial charge is 0.125 e. The van der Waals surface area contributed by atoms with Gasteiger partial charge in [-0.05, 0) is 31.2 Å². The van der Waals surface area contributed by atoms with Crippen molar-refractivity contribution in [3.05, 3.63) is 29.8 Å². The van der Waals surface area contributed by atoms with Gasteiger partial charge < -0.3 is 16.2 Å². The summed E-state index contributed by atoms with van der Waals surface area (Å²) in [7, 11) is 0. The second-order valence-corrected chi connectivity index (χ2v) is 3.24. The quantitative estimate of drug-likeness (QED) is 0.897. The van der Waals surface area contributed by atoms with Gasteiger partial charge in [-0.3, -0.25) is 0 Å². The standard InChI is InChI=1S/C10H12FN3.2ClH.H2O/c11-7-3-4-8-9(6-7)14-10(13-8)2-1-5-12;;;/h3-4,6H,1-2,5,12H2,(H,13,14);2*1H;1H2. The van der Waals surface area contributed by atoms with Crippen molar-refractivity contribution in [1.82, 2.24) is 9.97 Å². The highest BCUT2D eigenvalue weighted by Crippen LogP contribution is 2.13. The molecule has 0 saturated carbocycles. The Bertz CT molecular complexity index is 450. The lowest BCUT2D eigenvalue weighted by Crippen LogP contribution is -2.01. The first-order valence-electron chi connectivity index (χ1n) is 4.64. The van der Waals surface area contributed by atoms with Gasteiger partial charge in [0.2, 0.25) is 0 Å². The van der Waals surface area contributed by atoms with Crippen LogP contribution in [-0.2, 0) is 6.42 Å². The predicted octanol–water partition coefficient (Wildman–Crippen LogP) is 1.61. The van der Waals surface area contributed by atoms with E-state index in [2.05, 4.69) is 9.97 Å². The number of imidazole rings is 1. The molecule has 0 amide bonds. The number of rotatable bonds is 3. The van der Waals surface area contributed by atoms with Crippen LogP contribution < -0.4 is 5.73 Å². The van der Waals surface area contributed by atoms with E-state index in [-0.39, 0.29) is 36.1 Å². The maximum Gasteiger partial charge on any atom is 0.125 e. The topological polar surface area (TPSA) is 86.2 Å². The van der Waals surface area contributed by atoms with Crippen molar-refractivity contribution in [3.8, 4) is 0 Å². The highest BCUT2D eigenvalue weighted by Gasteiger charge is 2.02. The minimum absolute atomic E-state index is 0. The van der Waals surface area contributed by atoms with Crippen LogP contribution in [-0.4, -0.2) is 22.0 Å². The van der Waals surface area contributed by atoms with Crippen LogP contribution in [0.3, 0.4) is 0 Å². The molecule has 17 heavy (non-hydrogen) atoms. The SMILES string of the molecule is Cl.Cl.NCCCc1nc2ccc(F)cc2[nH]1.O. The van der Waals surface area contributed by atoms with Crippen molar-refractivity contribution >= 4 is 35.8 Å². The highest BCUT2D eigenvalue weighted by molar-refractivity contribution is 5.85. The van der Waals surface area contributed by atoms with Gasteiger partial charge in [0.05, 0.1) is 11.0 Å². The molecule has 2 aromatic rings. The van der Waals surface area contributed by atoms with Crippen molar-refractivity contribution in [2.24, 2.45) is 5.73 Å². The summed E-state index contributed by atoms with van der Waals surface area (Å²) in [5.41, 5.74) is 6.94. The number of fused-ring (bicyclic) bond motifs is 1. The molecule has 0 aliphatic heterocycles. The molecule has 0 fully saturated rings. The molecule has 7 heteroatoms. The zero-order chi connectivity index (χ0) is 9.97. The summed E-state index contributed by atoms with van der Waals surface area (Å²) in [6.07, 6.45) is 1.70. The van der Waals surface area contributed by atoms with Gasteiger partial charge in [0, 0.05) is 6.42 Å². The molecule has 0 saturated heterocycles. The number of hydrogen-bond acceptors (Lipinski definition) is 2. The molecule has 0 aliphatic rings. The normalized spacial score (nSPS) is 9.06. The van der Waals surface area contributed by atoms with E-state index in [1.54, 1.807) is 6.07 Å². The summed E-state index contributed by atoms with van der Waals surface area (Å²) in [6.45, 7) is 0.644. The predicted molar refractivity (Wildman–Crippen MR) is 71.5 cm³/mol. The Kier molecular flexibility index (Phi) is 8.97. The van der Waals surface area contributed by atoms with Gasteiger partial charge in [0.15, 0.2) is 0 Å². The average molecular weight is 284 g/mol. The molecule has 0 radical (unpaired) electrons. The van der Waals surface area contributed by atoms with Gasteiger partial charge in [-0.2, -0.15) is 0 Å². The summed E-state index contributed by atoms with van der Waals surface area (Å²) in [6, 6.07) is 4.54. The minimum atomic E-state index is -0.244. The zero-order valence-electron chi connectivity index (χ0n) is 9.07. The van der Waals surface area contributed by atoms with Gasteiger partial charge in [0.1, 0.15) is 11.6 Å². The second kappa shape index (κ2) is 8.25. The zero-order valence-corrected chi connectivity index (χ0v) is 10.7. The Morgan fingerprint density at radius 2 is 2.00 bits per heavy atom. The van der Waals surface area contributed by atoms with Crippen molar-refractivity contribution in [3.63, 3.8) is 0 Å². The largest absolute Gasteiger partial charge is 0.412 e. The van der Waals surface area contributed by atoms with E-state index >= 15 is 0 Å². The molecule has 1 aromatic heterocycles. The summed E-state index contributed by atoms with van der Waals surface area (Å²) < 4.78 is 12.8. The Balaban J connectivity index is 0. The van der Waals surface area contributed by atoms with Crippen molar-refractivity contribution < 1.29 is 9.87 Å². The monoisotopic (exact) mass is 283 g/mol. The minimum Gasteiger partial charge on any atom is -0.412 e. The number of nitrogens with two attached hydrogens (primary N) is 1. The third kappa shape index (κ3) is 4.47. The Hall–Kier alpha value is -0.880. The van der Waals surface area contributed by atoms with Gasteiger partial charge in [-0.15, -0.1) is 24.8 Å². The maximum atomic E-state index is 12.8. The van der Waals surface area contributed by atoms with E-state index in [1.165, 1.54) is 12.1 Å². The van der Waals surface area contributed by atoms with Crippen molar-refractivity contribution in [2.45, 2.75) is 12.8 Å². The van der Waals surface area contributed by atoms with Crippen LogP contribution >= 0.6 is 24.8 Å². The fourth-order valence-corrected chi connectivity index (χ4v) is 1.42. The number of halogens is 3. The maximum absolute atomic E-state index is 12.8. The Morgan fingerprint density at radius 1 is 1.29 bits per heavy atom. The molecule has 98 valence electrons. The van der Waals surface area contributed by atoms with Gasteiger partial charge in [0.25, 0.3) is 0 Å². The van der Waals surface area contributed by atoms with Crippen LogP contribution in [0.15, 0.2) is 18.2 Å². The van der Waals surface area contributed by atoms with E-state index < -0.39 is 0 Å². The summed E-state index contributed by atoms with van der Waals surface area (Å²) in [5.74, 6) is 0.627. The van der Waals surface area contributed by atoms with Crippen molar-refractivity contribution in [2.75, 3.05) is 6.54 Å². The number of nitrogens with zero attached hydrogens (tertiary/aromatic N) is 1. The number of hydrogen-bond donors (Lipinski definition) is 2. The van der Waals surface area contributed by atoms with Crippen LogP contribution in [0, 0.1) is 5.82 Å². The molecule has 1 aromatic carbocycles. The molecule has 2 rings (SSSR count). The molecule has 4 nitrogen and oxygen atoms in total. The molecule has 0 atom stereocenters.